The number of nitrogens with one attached hydrogen (secondary N) is 1. The zero-order valence-electron chi connectivity index (χ0n) is 24.8. The van der Waals surface area contributed by atoms with Gasteiger partial charge in [-0.3, -0.25) is 19.3 Å². The number of amides is 3. The van der Waals surface area contributed by atoms with Crippen molar-refractivity contribution in [3.05, 3.63) is 113 Å². The van der Waals surface area contributed by atoms with Crippen molar-refractivity contribution in [2.24, 2.45) is 0 Å². The smallest absolute Gasteiger partial charge is 0.339 e. The van der Waals surface area contributed by atoms with Gasteiger partial charge in [-0.25, -0.2) is 9.07 Å². The van der Waals surface area contributed by atoms with Crippen LogP contribution in [0.4, 0.5) is 23.4 Å². The van der Waals surface area contributed by atoms with Gasteiger partial charge in [-0.2, -0.15) is 23.5 Å². The van der Waals surface area contributed by atoms with Crippen molar-refractivity contribution in [1.29, 1.82) is 5.26 Å². The number of aromatic nitrogens is 2. The second-order valence-corrected chi connectivity index (χ2v) is 10.5. The van der Waals surface area contributed by atoms with Crippen LogP contribution in [0.3, 0.4) is 0 Å². The Labute approximate surface area is 261 Å². The van der Waals surface area contributed by atoms with Gasteiger partial charge in [0.15, 0.2) is 5.69 Å². The van der Waals surface area contributed by atoms with Gasteiger partial charge in [0.2, 0.25) is 0 Å². The zero-order chi connectivity index (χ0) is 33.2. The topological polar surface area (TPSA) is 111 Å². The molecular weight excluding hydrogens is 604 g/mol. The third kappa shape index (κ3) is 5.93. The van der Waals surface area contributed by atoms with Crippen molar-refractivity contribution in [3.63, 3.8) is 0 Å². The molecule has 1 aliphatic rings. The summed E-state index contributed by atoms with van der Waals surface area (Å²) < 4.78 is 55.9. The van der Waals surface area contributed by atoms with Gasteiger partial charge in [0.1, 0.15) is 24.2 Å². The summed E-state index contributed by atoms with van der Waals surface area (Å²) in [5.41, 5.74) is -0.404. The SMILES string of the molecule is CCN(CC#N)C(=O)c1nn(-c2ccccc2)c2c1[C@H](c1ccc(F)cc1)[C@H](NC(=O)c1cccc(C(F)(F)F)c1)C(=O)N2CC. The van der Waals surface area contributed by atoms with Gasteiger partial charge in [-0.1, -0.05) is 36.4 Å². The number of anilines is 1. The molecule has 0 unspecified atom stereocenters. The highest BCUT2D eigenvalue weighted by atomic mass is 19.4. The summed E-state index contributed by atoms with van der Waals surface area (Å²) >= 11 is 0. The lowest BCUT2D eigenvalue weighted by Crippen LogP contribution is -2.55. The molecule has 0 fully saturated rings. The van der Waals surface area contributed by atoms with Crippen LogP contribution in [-0.4, -0.2) is 58.1 Å². The summed E-state index contributed by atoms with van der Waals surface area (Å²) in [6, 6.07) is 18.2. The van der Waals surface area contributed by atoms with Gasteiger partial charge in [0, 0.05) is 30.1 Å². The highest BCUT2D eigenvalue weighted by molar-refractivity contribution is 6.07. The molecule has 9 nitrogen and oxygen atoms in total. The average Bonchev–Trinajstić information content (AvgIpc) is 3.44. The standard InChI is InChI=1S/C33H28F4N6O3/c1-3-41(18-17-38)31(45)28-26-25(20-13-15-23(34)16-14-20)27(39-29(44)21-9-8-10-22(19-21)33(35,36)37)32(46)42(4-2)30(26)43(40-28)24-11-6-5-7-12-24/h5-16,19,25,27H,3-4,18H2,1-2H3,(H,39,44)/t25-,27-/m0/s1. The quantitative estimate of drug-likeness (QED) is 0.209. The van der Waals surface area contributed by atoms with Gasteiger partial charge in [0.25, 0.3) is 17.7 Å². The van der Waals surface area contributed by atoms with E-state index < -0.39 is 47.2 Å². The van der Waals surface area contributed by atoms with Crippen LogP contribution < -0.4 is 10.2 Å². The summed E-state index contributed by atoms with van der Waals surface area (Å²) in [7, 11) is 0. The Hall–Kier alpha value is -5.51. The molecule has 1 aliphatic heterocycles. The first-order valence-electron chi connectivity index (χ1n) is 14.4. The molecular formula is C33H28F4N6O3. The minimum absolute atomic E-state index is 0.0692. The third-order valence-corrected chi connectivity index (χ3v) is 7.75. The molecule has 0 bridgehead atoms. The monoisotopic (exact) mass is 632 g/mol. The van der Waals surface area contributed by atoms with E-state index in [9.17, 15) is 37.2 Å². The van der Waals surface area contributed by atoms with E-state index in [2.05, 4.69) is 10.4 Å². The first kappa shape index (κ1) is 31.9. The van der Waals surface area contributed by atoms with E-state index in [1.54, 1.807) is 44.2 Å². The summed E-state index contributed by atoms with van der Waals surface area (Å²) in [6.45, 7) is 3.35. The van der Waals surface area contributed by atoms with Crippen molar-refractivity contribution in [1.82, 2.24) is 20.0 Å². The van der Waals surface area contributed by atoms with Gasteiger partial charge in [-0.05, 0) is 61.9 Å². The van der Waals surface area contributed by atoms with Crippen LogP contribution >= 0.6 is 0 Å². The number of alkyl halides is 3. The maximum atomic E-state index is 14.3. The number of carbonyl (C=O) groups is 3. The molecule has 0 aliphatic carbocycles. The number of nitriles is 1. The molecule has 13 heteroatoms. The van der Waals surface area contributed by atoms with E-state index in [0.29, 0.717) is 17.3 Å². The van der Waals surface area contributed by atoms with Crippen LogP contribution in [0, 0.1) is 17.1 Å². The number of halogens is 4. The lowest BCUT2D eigenvalue weighted by Gasteiger charge is -2.38. The van der Waals surface area contributed by atoms with Crippen LogP contribution in [0.15, 0.2) is 78.9 Å². The minimum Gasteiger partial charge on any atom is -0.339 e. The van der Waals surface area contributed by atoms with Gasteiger partial charge < -0.3 is 10.2 Å². The first-order valence-corrected chi connectivity index (χ1v) is 14.4. The largest absolute Gasteiger partial charge is 0.416 e. The number of para-hydroxylation sites is 1. The summed E-state index contributed by atoms with van der Waals surface area (Å²) in [5, 5.41) is 16.7. The second kappa shape index (κ2) is 12.8. The summed E-state index contributed by atoms with van der Waals surface area (Å²) in [5.74, 6) is -3.67. The van der Waals surface area contributed by atoms with E-state index in [4.69, 9.17) is 0 Å². The molecule has 2 heterocycles. The molecule has 46 heavy (non-hydrogen) atoms. The van der Waals surface area contributed by atoms with Crippen LogP contribution in [0.25, 0.3) is 5.69 Å². The van der Waals surface area contributed by atoms with Crippen LogP contribution in [-0.2, 0) is 11.0 Å². The number of hydrogen-bond donors (Lipinski definition) is 1. The number of benzene rings is 3. The fourth-order valence-corrected chi connectivity index (χ4v) is 5.56. The van der Waals surface area contributed by atoms with Crippen molar-refractivity contribution < 1.29 is 31.9 Å². The Morgan fingerprint density at radius 2 is 1.72 bits per heavy atom. The van der Waals surface area contributed by atoms with Crippen LogP contribution in [0.2, 0.25) is 0 Å². The number of carbonyl (C=O) groups excluding carboxylic acids is 3. The zero-order valence-corrected chi connectivity index (χ0v) is 24.8. The Morgan fingerprint density at radius 3 is 2.33 bits per heavy atom. The third-order valence-electron chi connectivity index (χ3n) is 7.75. The fraction of sp³-hybridized carbons (Fsp3) is 0.242. The molecule has 3 aromatic carbocycles. The number of fused-ring (bicyclic) bond motifs is 1. The maximum Gasteiger partial charge on any atom is 0.416 e. The van der Waals surface area contributed by atoms with Crippen LogP contribution in [0.1, 0.15) is 57.3 Å². The lowest BCUT2D eigenvalue weighted by molar-refractivity contribution is -0.137. The van der Waals surface area contributed by atoms with Gasteiger partial charge >= 0.3 is 6.18 Å². The van der Waals surface area contributed by atoms with E-state index >= 15 is 0 Å². The Kier molecular flexibility index (Phi) is 8.91. The molecule has 1 aromatic heterocycles. The van der Waals surface area contributed by atoms with Gasteiger partial charge in [-0.15, -0.1) is 0 Å². The molecule has 5 rings (SSSR count). The normalized spacial score (nSPS) is 16.0. The Balaban J connectivity index is 1.75. The highest BCUT2D eigenvalue weighted by Gasteiger charge is 2.47. The molecule has 1 N–H and O–H groups in total. The number of likely N-dealkylation sites (N-methyl/N-ethyl adjacent to an activating group) is 1. The van der Waals surface area contributed by atoms with Crippen molar-refractivity contribution in [2.75, 3.05) is 24.5 Å². The van der Waals surface area contributed by atoms with Crippen molar-refractivity contribution >= 4 is 23.5 Å². The van der Waals surface area contributed by atoms with E-state index in [0.717, 1.165) is 24.3 Å². The van der Waals surface area contributed by atoms with Crippen molar-refractivity contribution in [3.8, 4) is 11.8 Å². The maximum absolute atomic E-state index is 14.3. The predicted molar refractivity (Wildman–Crippen MR) is 160 cm³/mol. The lowest BCUT2D eigenvalue weighted by atomic mass is 9.80. The molecule has 2 atom stereocenters. The minimum atomic E-state index is -4.71. The Morgan fingerprint density at radius 1 is 1.02 bits per heavy atom. The number of nitrogens with zero attached hydrogens (tertiary/aromatic N) is 5. The van der Waals surface area contributed by atoms with Gasteiger partial charge in [0.05, 0.1) is 17.3 Å². The molecule has 0 radical (unpaired) electrons. The molecule has 0 saturated heterocycles. The summed E-state index contributed by atoms with van der Waals surface area (Å²) in [6.07, 6.45) is -4.71. The van der Waals surface area contributed by atoms with Crippen LogP contribution in [0.5, 0.6) is 0 Å². The van der Waals surface area contributed by atoms with E-state index in [1.165, 1.54) is 32.7 Å². The molecule has 3 amide bonds. The van der Waals surface area contributed by atoms with E-state index in [-0.39, 0.29) is 42.3 Å². The molecule has 0 spiro atoms. The summed E-state index contributed by atoms with van der Waals surface area (Å²) in [4.78, 5) is 44.4. The van der Waals surface area contributed by atoms with Crippen molar-refractivity contribution in [2.45, 2.75) is 32.0 Å². The Bertz CT molecular complexity index is 1820. The average molecular weight is 633 g/mol. The fourth-order valence-electron chi connectivity index (χ4n) is 5.56. The molecule has 0 saturated carbocycles. The first-order chi connectivity index (χ1) is 22.0. The molecule has 4 aromatic rings. The predicted octanol–water partition coefficient (Wildman–Crippen LogP) is 5.31. The molecule has 236 valence electrons. The second-order valence-electron chi connectivity index (χ2n) is 10.5. The number of rotatable bonds is 8. The van der Waals surface area contributed by atoms with E-state index in [1.807, 2.05) is 6.07 Å². The highest BCUT2D eigenvalue weighted by Crippen LogP contribution is 2.44. The number of hydrogen-bond acceptors (Lipinski definition) is 5.